The molecule has 0 aliphatic rings. The smallest absolute Gasteiger partial charge is 0.338 e. The molecule has 35 heavy (non-hydrogen) atoms. The van der Waals surface area contributed by atoms with Crippen molar-refractivity contribution in [3.05, 3.63) is 83.9 Å². The molecule has 0 spiro atoms. The number of ether oxygens (including phenoxy) is 1. The number of carbonyl (C=O) groups excluding carboxylic acids is 3. The van der Waals surface area contributed by atoms with Crippen LogP contribution in [0.25, 0.3) is 0 Å². The quantitative estimate of drug-likeness (QED) is 0.406. The predicted molar refractivity (Wildman–Crippen MR) is 133 cm³/mol. The third-order valence-electron chi connectivity index (χ3n) is 4.81. The van der Waals surface area contributed by atoms with Gasteiger partial charge >= 0.3 is 5.97 Å². The summed E-state index contributed by atoms with van der Waals surface area (Å²) in [5, 5.41) is 5.23. The first-order chi connectivity index (χ1) is 16.5. The highest BCUT2D eigenvalue weighted by atomic mass is 32.2. The molecule has 0 bridgehead atoms. The minimum atomic E-state index is -3.94. The summed E-state index contributed by atoms with van der Waals surface area (Å²) in [5.74, 6) is -1.64. The van der Waals surface area contributed by atoms with Gasteiger partial charge in [0.05, 0.1) is 10.5 Å². The molecule has 0 aromatic heterocycles. The Labute approximate surface area is 203 Å². The lowest BCUT2D eigenvalue weighted by molar-refractivity contribution is -0.123. The first-order valence-electron chi connectivity index (χ1n) is 10.6. The molecule has 2 amide bonds. The highest BCUT2D eigenvalue weighted by Gasteiger charge is 2.21. The Hall–Kier alpha value is -4.18. The highest BCUT2D eigenvalue weighted by Crippen LogP contribution is 2.19. The van der Waals surface area contributed by atoms with Crippen molar-refractivity contribution in [1.82, 2.24) is 0 Å². The maximum Gasteiger partial charge on any atom is 0.338 e. The van der Waals surface area contributed by atoms with E-state index >= 15 is 0 Å². The molecule has 3 aromatic rings. The van der Waals surface area contributed by atoms with Crippen LogP contribution in [0.3, 0.4) is 0 Å². The molecule has 9 nitrogen and oxygen atoms in total. The number of benzene rings is 3. The summed E-state index contributed by atoms with van der Waals surface area (Å²) in [6.07, 6.45) is -1.15. The Bertz CT molecular complexity index is 1340. The molecule has 0 fully saturated rings. The fraction of sp³-hybridized carbons (Fsp3) is 0.160. The summed E-state index contributed by atoms with van der Waals surface area (Å²) >= 11 is 0. The summed E-state index contributed by atoms with van der Waals surface area (Å²) in [4.78, 5) is 36.0. The van der Waals surface area contributed by atoms with Crippen molar-refractivity contribution in [2.45, 2.75) is 31.8 Å². The molecule has 0 saturated carbocycles. The predicted octanol–water partition coefficient (Wildman–Crippen LogP) is 3.94. The van der Waals surface area contributed by atoms with E-state index in [0.29, 0.717) is 17.1 Å². The molecule has 1 unspecified atom stereocenters. The van der Waals surface area contributed by atoms with Crippen LogP contribution in [0.15, 0.2) is 77.7 Å². The topological polar surface area (TPSA) is 131 Å². The third kappa shape index (κ3) is 7.15. The maximum absolute atomic E-state index is 12.7. The Morgan fingerprint density at radius 3 is 2.00 bits per heavy atom. The van der Waals surface area contributed by atoms with Crippen molar-refractivity contribution in [3.63, 3.8) is 0 Å². The number of nitrogens with one attached hydrogen (secondary N) is 3. The molecule has 0 aliphatic carbocycles. The summed E-state index contributed by atoms with van der Waals surface area (Å²) in [6.45, 7) is 4.67. The van der Waals surface area contributed by atoms with Crippen LogP contribution in [0, 0.1) is 6.92 Å². The molecule has 3 N–H and O–H groups in total. The number of carbonyl (C=O) groups is 3. The van der Waals surface area contributed by atoms with Crippen molar-refractivity contribution in [2.75, 3.05) is 15.4 Å². The lowest BCUT2D eigenvalue weighted by Gasteiger charge is -2.14. The van der Waals surface area contributed by atoms with E-state index in [1.54, 1.807) is 48.5 Å². The summed E-state index contributed by atoms with van der Waals surface area (Å²) < 4.78 is 33.1. The molecule has 0 radical (unpaired) electrons. The van der Waals surface area contributed by atoms with E-state index < -0.39 is 28.0 Å². The molecule has 3 rings (SSSR count). The first kappa shape index (κ1) is 25.4. The molecule has 10 heteroatoms. The number of esters is 1. The minimum absolute atomic E-state index is 0.0175. The van der Waals surface area contributed by atoms with Gasteiger partial charge in [0.15, 0.2) is 6.10 Å². The zero-order chi connectivity index (χ0) is 25.6. The number of amides is 2. The van der Waals surface area contributed by atoms with Crippen molar-refractivity contribution in [3.8, 4) is 0 Å². The van der Waals surface area contributed by atoms with Gasteiger partial charge in [-0.15, -0.1) is 0 Å². The lowest BCUT2D eigenvalue weighted by Crippen LogP contribution is -2.30. The van der Waals surface area contributed by atoms with Gasteiger partial charge in [0.2, 0.25) is 5.91 Å². The SMILES string of the molecule is CC(=O)Nc1ccc(NC(=O)C(C)OC(=O)c2cccc(S(=O)(=O)Nc3ccc(C)cc3)c2)cc1. The number of rotatable bonds is 8. The number of hydrogen-bond donors (Lipinski definition) is 3. The van der Waals surface area contributed by atoms with E-state index in [9.17, 15) is 22.8 Å². The fourth-order valence-electron chi connectivity index (χ4n) is 2.99. The summed E-state index contributed by atoms with van der Waals surface area (Å²) in [7, 11) is -3.94. The van der Waals surface area contributed by atoms with E-state index in [1.807, 2.05) is 6.92 Å². The van der Waals surface area contributed by atoms with Crippen LogP contribution in [-0.4, -0.2) is 32.3 Å². The van der Waals surface area contributed by atoms with E-state index in [-0.39, 0.29) is 16.4 Å². The molecule has 0 saturated heterocycles. The average molecular weight is 496 g/mol. The molecule has 3 aromatic carbocycles. The van der Waals surface area contributed by atoms with Gasteiger partial charge in [-0.05, 0) is 68.4 Å². The zero-order valence-corrected chi connectivity index (χ0v) is 20.2. The van der Waals surface area contributed by atoms with E-state index in [2.05, 4.69) is 15.4 Å². The van der Waals surface area contributed by atoms with Crippen LogP contribution in [0.4, 0.5) is 17.1 Å². The van der Waals surface area contributed by atoms with Gasteiger partial charge in [0, 0.05) is 24.0 Å². The van der Waals surface area contributed by atoms with Crippen LogP contribution in [0.5, 0.6) is 0 Å². The van der Waals surface area contributed by atoms with Crippen LogP contribution < -0.4 is 15.4 Å². The normalized spacial score (nSPS) is 11.7. The van der Waals surface area contributed by atoms with Gasteiger partial charge in [-0.3, -0.25) is 14.3 Å². The van der Waals surface area contributed by atoms with E-state index in [0.717, 1.165) is 5.56 Å². The van der Waals surface area contributed by atoms with Gasteiger partial charge in [0.1, 0.15) is 0 Å². The Morgan fingerprint density at radius 2 is 1.40 bits per heavy atom. The highest BCUT2D eigenvalue weighted by molar-refractivity contribution is 7.92. The lowest BCUT2D eigenvalue weighted by atomic mass is 10.2. The number of anilines is 3. The number of aryl methyl sites for hydroxylation is 1. The van der Waals surface area contributed by atoms with Crippen LogP contribution >= 0.6 is 0 Å². The molecular formula is C25H25N3O6S. The maximum atomic E-state index is 12.7. The second-order valence-corrected chi connectivity index (χ2v) is 9.48. The van der Waals surface area contributed by atoms with Gasteiger partial charge in [-0.2, -0.15) is 0 Å². The third-order valence-corrected chi connectivity index (χ3v) is 6.19. The van der Waals surface area contributed by atoms with Crippen molar-refractivity contribution in [1.29, 1.82) is 0 Å². The van der Waals surface area contributed by atoms with Crippen molar-refractivity contribution >= 4 is 44.9 Å². The minimum Gasteiger partial charge on any atom is -0.449 e. The fourth-order valence-corrected chi connectivity index (χ4v) is 4.10. The molecule has 182 valence electrons. The second-order valence-electron chi connectivity index (χ2n) is 7.79. The Kier molecular flexibility index (Phi) is 7.87. The summed E-state index contributed by atoms with van der Waals surface area (Å²) in [6, 6.07) is 18.6. The monoisotopic (exact) mass is 495 g/mol. The number of hydrogen-bond acceptors (Lipinski definition) is 6. The standard InChI is InChI=1S/C25H25N3O6S/c1-16-7-9-22(10-8-16)28-35(32,33)23-6-4-5-19(15-23)25(31)34-17(2)24(30)27-21-13-11-20(12-14-21)26-18(3)29/h4-15,17,28H,1-3H3,(H,26,29)(H,27,30). The Balaban J connectivity index is 1.64. The van der Waals surface area contributed by atoms with Crippen molar-refractivity contribution < 1.29 is 27.5 Å². The molecular weight excluding hydrogens is 470 g/mol. The van der Waals surface area contributed by atoms with Gasteiger partial charge in [-0.1, -0.05) is 23.8 Å². The van der Waals surface area contributed by atoms with Gasteiger partial charge < -0.3 is 15.4 Å². The first-order valence-corrected chi connectivity index (χ1v) is 12.1. The Morgan fingerprint density at radius 1 is 0.829 bits per heavy atom. The molecule has 0 heterocycles. The van der Waals surface area contributed by atoms with Gasteiger partial charge in [0.25, 0.3) is 15.9 Å². The van der Waals surface area contributed by atoms with Crippen molar-refractivity contribution in [2.24, 2.45) is 0 Å². The molecule has 0 aliphatic heterocycles. The van der Waals surface area contributed by atoms with E-state index in [4.69, 9.17) is 4.74 Å². The summed E-state index contributed by atoms with van der Waals surface area (Å²) in [5.41, 5.74) is 2.37. The second kappa shape index (κ2) is 10.8. The zero-order valence-electron chi connectivity index (χ0n) is 19.4. The average Bonchev–Trinajstić information content (AvgIpc) is 2.81. The van der Waals surface area contributed by atoms with Crippen LogP contribution in [0.2, 0.25) is 0 Å². The van der Waals surface area contributed by atoms with Crippen LogP contribution in [-0.2, 0) is 24.3 Å². The number of sulfonamides is 1. The largest absolute Gasteiger partial charge is 0.449 e. The van der Waals surface area contributed by atoms with Gasteiger partial charge in [-0.25, -0.2) is 13.2 Å². The van der Waals surface area contributed by atoms with E-state index in [1.165, 1.54) is 38.1 Å². The molecule has 1 atom stereocenters. The van der Waals surface area contributed by atoms with Crippen LogP contribution in [0.1, 0.15) is 29.8 Å².